The topological polar surface area (TPSA) is 131 Å². The summed E-state index contributed by atoms with van der Waals surface area (Å²) < 4.78 is 82.6. The molecule has 11 nitrogen and oxygen atoms in total. The van der Waals surface area contributed by atoms with Crippen LogP contribution in [0.4, 0.5) is 27.6 Å². The summed E-state index contributed by atoms with van der Waals surface area (Å²) in [6.07, 6.45) is -2.74. The van der Waals surface area contributed by atoms with Crippen molar-refractivity contribution in [1.82, 2.24) is 19.9 Å². The van der Waals surface area contributed by atoms with Crippen molar-refractivity contribution < 1.29 is 46.1 Å². The number of hydrogen-bond acceptors (Lipinski definition) is 9. The first-order valence-electron chi connectivity index (χ1n) is 16.1. The zero-order valence-corrected chi connectivity index (χ0v) is 27.4. The Morgan fingerprint density at radius 1 is 1.12 bits per heavy atom. The SMILES string of the molecule is CC12CCCN1N(Cc1ccc(OCCN3CCOCC3)c(F)c1F)C(=O)C(C(=O)Nc1ccc(C(F)(F)F)cc1-c1ccnc(C#N)c1)=C2O. The van der Waals surface area contributed by atoms with Gasteiger partial charge in [0.1, 0.15) is 29.7 Å². The smallest absolute Gasteiger partial charge is 0.416 e. The lowest BCUT2D eigenvalue weighted by Gasteiger charge is -2.46. The van der Waals surface area contributed by atoms with E-state index in [-0.39, 0.29) is 47.0 Å². The molecule has 2 N–H and O–H groups in total. The first kappa shape index (κ1) is 35.7. The summed E-state index contributed by atoms with van der Waals surface area (Å²) in [6, 6.07) is 9.45. The molecule has 4 heterocycles. The van der Waals surface area contributed by atoms with Gasteiger partial charge in [-0.15, -0.1) is 0 Å². The van der Waals surface area contributed by atoms with Gasteiger partial charge in [-0.1, -0.05) is 6.07 Å². The molecule has 51 heavy (non-hydrogen) atoms. The van der Waals surface area contributed by atoms with Crippen LogP contribution < -0.4 is 10.1 Å². The van der Waals surface area contributed by atoms with E-state index in [1.165, 1.54) is 35.5 Å². The molecule has 3 aliphatic rings. The summed E-state index contributed by atoms with van der Waals surface area (Å²) >= 11 is 0. The van der Waals surface area contributed by atoms with Gasteiger partial charge < -0.3 is 19.9 Å². The van der Waals surface area contributed by atoms with Gasteiger partial charge in [-0.3, -0.25) is 19.5 Å². The molecule has 3 aromatic rings. The van der Waals surface area contributed by atoms with Gasteiger partial charge in [0.25, 0.3) is 11.8 Å². The highest BCUT2D eigenvalue weighted by molar-refractivity contribution is 6.24. The predicted molar refractivity (Wildman–Crippen MR) is 172 cm³/mol. The summed E-state index contributed by atoms with van der Waals surface area (Å²) in [4.78, 5) is 33.7. The molecule has 6 rings (SSSR count). The molecule has 3 aliphatic heterocycles. The lowest BCUT2D eigenvalue weighted by Crippen LogP contribution is -2.60. The quantitative estimate of drug-likeness (QED) is 0.227. The number of nitriles is 1. The Morgan fingerprint density at radius 2 is 1.88 bits per heavy atom. The van der Waals surface area contributed by atoms with Gasteiger partial charge in [0, 0.05) is 49.2 Å². The fourth-order valence-corrected chi connectivity index (χ4v) is 6.54. The van der Waals surface area contributed by atoms with E-state index in [2.05, 4.69) is 15.2 Å². The van der Waals surface area contributed by atoms with Crippen LogP contribution in [-0.2, 0) is 27.0 Å². The number of aliphatic hydroxyl groups is 1. The van der Waals surface area contributed by atoms with Gasteiger partial charge in [-0.05, 0) is 61.7 Å². The molecule has 1 unspecified atom stereocenters. The number of benzene rings is 2. The number of halogens is 5. The summed E-state index contributed by atoms with van der Waals surface area (Å²) in [5, 5.41) is 25.7. The Balaban J connectivity index is 1.27. The van der Waals surface area contributed by atoms with Crippen LogP contribution in [0.5, 0.6) is 5.75 Å². The molecule has 2 fully saturated rings. The molecule has 2 amide bonds. The number of amides is 2. The number of fused-ring (bicyclic) bond motifs is 1. The summed E-state index contributed by atoms with van der Waals surface area (Å²) in [6.45, 7) is 4.47. The maximum absolute atomic E-state index is 15.5. The predicted octanol–water partition coefficient (Wildman–Crippen LogP) is 5.19. The molecule has 1 aromatic heterocycles. The first-order chi connectivity index (χ1) is 24.3. The molecule has 0 saturated carbocycles. The monoisotopic (exact) mass is 712 g/mol. The molecular formula is C35H33F5N6O5. The average Bonchev–Trinajstić information content (AvgIpc) is 3.52. The number of morpholine rings is 1. The lowest BCUT2D eigenvalue weighted by atomic mass is 9.90. The molecule has 0 spiro atoms. The molecule has 268 valence electrons. The Kier molecular flexibility index (Phi) is 9.98. The zero-order chi connectivity index (χ0) is 36.5. The second kappa shape index (κ2) is 14.3. The molecule has 0 bridgehead atoms. The van der Waals surface area contributed by atoms with Gasteiger partial charge in [0.05, 0.1) is 30.9 Å². The van der Waals surface area contributed by atoms with E-state index in [9.17, 15) is 33.1 Å². The number of pyridine rings is 1. The number of ether oxygens (including phenoxy) is 2. The van der Waals surface area contributed by atoms with Gasteiger partial charge in [-0.25, -0.2) is 14.4 Å². The van der Waals surface area contributed by atoms with E-state index < -0.39 is 58.6 Å². The maximum Gasteiger partial charge on any atom is 0.416 e. The molecule has 0 radical (unpaired) electrons. The molecule has 0 aliphatic carbocycles. The minimum atomic E-state index is -4.74. The highest BCUT2D eigenvalue weighted by Gasteiger charge is 2.53. The number of hydrogen-bond donors (Lipinski definition) is 2. The van der Waals surface area contributed by atoms with Crippen molar-refractivity contribution >= 4 is 17.5 Å². The Morgan fingerprint density at radius 3 is 2.61 bits per heavy atom. The van der Waals surface area contributed by atoms with Crippen LogP contribution in [0.1, 0.15) is 36.6 Å². The number of nitrogens with one attached hydrogen (secondary N) is 1. The van der Waals surface area contributed by atoms with Gasteiger partial charge in [-0.2, -0.15) is 22.8 Å². The van der Waals surface area contributed by atoms with E-state index in [0.717, 1.165) is 23.2 Å². The third-order valence-electron chi connectivity index (χ3n) is 9.31. The minimum Gasteiger partial charge on any atom is -0.509 e. The number of hydrazine groups is 1. The number of alkyl halides is 3. The van der Waals surface area contributed by atoms with Gasteiger partial charge >= 0.3 is 6.18 Å². The highest BCUT2D eigenvalue weighted by atomic mass is 19.4. The molecule has 2 saturated heterocycles. The largest absolute Gasteiger partial charge is 0.509 e. The third kappa shape index (κ3) is 7.09. The summed E-state index contributed by atoms with van der Waals surface area (Å²) in [5.41, 5.74) is -3.50. The van der Waals surface area contributed by atoms with Crippen LogP contribution in [0.15, 0.2) is 60.0 Å². The van der Waals surface area contributed by atoms with Crippen molar-refractivity contribution in [3.8, 4) is 22.9 Å². The number of nitrogens with zero attached hydrogens (tertiary/aromatic N) is 5. The summed E-state index contributed by atoms with van der Waals surface area (Å²) in [5.74, 6) is -5.54. The lowest BCUT2D eigenvalue weighted by molar-refractivity contribution is -0.160. The number of aromatic nitrogens is 1. The van der Waals surface area contributed by atoms with Crippen molar-refractivity contribution in [2.45, 2.75) is 38.0 Å². The van der Waals surface area contributed by atoms with Crippen molar-refractivity contribution in [2.75, 3.05) is 51.3 Å². The first-order valence-corrected chi connectivity index (χ1v) is 16.1. The molecule has 1 atom stereocenters. The van der Waals surface area contributed by atoms with E-state index in [4.69, 9.17) is 9.47 Å². The van der Waals surface area contributed by atoms with Crippen molar-refractivity contribution in [2.24, 2.45) is 0 Å². The third-order valence-corrected chi connectivity index (χ3v) is 9.31. The minimum absolute atomic E-state index is 0.0915. The second-order valence-corrected chi connectivity index (χ2v) is 12.5. The fourth-order valence-electron chi connectivity index (χ4n) is 6.54. The van der Waals surface area contributed by atoms with Crippen LogP contribution in [0.25, 0.3) is 11.1 Å². The fraction of sp³-hybridized carbons (Fsp3) is 0.371. The normalized spacial score (nSPS) is 19.9. The summed E-state index contributed by atoms with van der Waals surface area (Å²) in [7, 11) is 0. The zero-order valence-electron chi connectivity index (χ0n) is 27.4. The molecule has 2 aromatic carbocycles. The highest BCUT2D eigenvalue weighted by Crippen LogP contribution is 2.43. The number of rotatable bonds is 9. The van der Waals surface area contributed by atoms with Crippen LogP contribution in [0, 0.1) is 23.0 Å². The molecule has 16 heteroatoms. The van der Waals surface area contributed by atoms with Crippen LogP contribution in [-0.4, -0.2) is 88.4 Å². The number of aliphatic hydroxyl groups excluding tert-OH is 1. The van der Waals surface area contributed by atoms with Crippen molar-refractivity contribution in [1.29, 1.82) is 5.26 Å². The number of anilines is 1. The number of carbonyl (C=O) groups excluding carboxylic acids is 2. The Labute approximate surface area is 289 Å². The van der Waals surface area contributed by atoms with Gasteiger partial charge in [0.15, 0.2) is 11.6 Å². The maximum atomic E-state index is 15.5. The average molecular weight is 713 g/mol. The van der Waals surface area contributed by atoms with E-state index in [1.807, 2.05) is 6.07 Å². The van der Waals surface area contributed by atoms with E-state index in [0.29, 0.717) is 45.7 Å². The standard InChI is InChI=1S/C35H33F5N6O5/c1-34-8-2-10-46(34)45(20-22-3-6-27(30(37)29(22)36)51-16-13-44-11-14-50-15-12-44)33(49)28(31(34)47)32(48)43-26-5-4-23(35(38,39)40)18-25(26)21-7-9-42-24(17-21)19-41/h3-7,9,17-18,47H,2,8,10-16,20H2,1H3,(H,43,48). The van der Waals surface area contributed by atoms with E-state index >= 15 is 8.78 Å². The van der Waals surface area contributed by atoms with Crippen LogP contribution in [0.3, 0.4) is 0 Å². The molecular weight excluding hydrogens is 679 g/mol. The Hall–Kier alpha value is -5.11. The van der Waals surface area contributed by atoms with E-state index in [1.54, 1.807) is 6.92 Å². The van der Waals surface area contributed by atoms with Crippen molar-refractivity contribution in [3.63, 3.8) is 0 Å². The van der Waals surface area contributed by atoms with Gasteiger partial charge in [0.2, 0.25) is 5.82 Å². The Bertz CT molecular complexity index is 1930. The number of carbonyl (C=O) groups is 2. The van der Waals surface area contributed by atoms with Crippen molar-refractivity contribution in [3.05, 3.63) is 88.4 Å². The van der Waals surface area contributed by atoms with Crippen LogP contribution in [0.2, 0.25) is 0 Å². The van der Waals surface area contributed by atoms with Crippen LogP contribution >= 0.6 is 0 Å². The second-order valence-electron chi connectivity index (χ2n) is 12.5.